The highest BCUT2D eigenvalue weighted by Gasteiger charge is 2.20. The van der Waals surface area contributed by atoms with E-state index < -0.39 is 0 Å². The van der Waals surface area contributed by atoms with Gasteiger partial charge in [-0.25, -0.2) is 9.78 Å². The van der Waals surface area contributed by atoms with E-state index in [1.165, 1.54) is 10.9 Å². The van der Waals surface area contributed by atoms with Crippen LogP contribution in [0.25, 0.3) is 0 Å². The number of hydrogen-bond acceptors (Lipinski definition) is 3. The fourth-order valence-corrected chi connectivity index (χ4v) is 1.71. The molecule has 1 fully saturated rings. The highest BCUT2D eigenvalue weighted by atomic mass is 16.2. The van der Waals surface area contributed by atoms with E-state index in [0.717, 1.165) is 13.1 Å². The molecule has 2 N–H and O–H groups in total. The zero-order chi connectivity index (χ0) is 10.7. The van der Waals surface area contributed by atoms with Crippen LogP contribution in [0.2, 0.25) is 0 Å². The highest BCUT2D eigenvalue weighted by molar-refractivity contribution is 5.76. The van der Waals surface area contributed by atoms with Crippen molar-refractivity contribution in [1.29, 1.82) is 0 Å². The van der Waals surface area contributed by atoms with Crippen molar-refractivity contribution < 1.29 is 4.79 Å². The van der Waals surface area contributed by atoms with Gasteiger partial charge in [-0.2, -0.15) is 0 Å². The van der Waals surface area contributed by atoms with Gasteiger partial charge in [-0.1, -0.05) is 6.92 Å². The van der Waals surface area contributed by atoms with Crippen molar-refractivity contribution in [1.82, 2.24) is 20.2 Å². The Morgan fingerprint density at radius 1 is 1.60 bits per heavy atom. The normalized spacial score (nSPS) is 26.2. The number of nitrogens with zero attached hydrogens (tertiary/aromatic N) is 2. The van der Waals surface area contributed by atoms with E-state index in [4.69, 9.17) is 0 Å². The van der Waals surface area contributed by atoms with E-state index in [2.05, 4.69) is 29.0 Å². The van der Waals surface area contributed by atoms with Gasteiger partial charge in [0.2, 0.25) is 0 Å². The molecule has 15 heavy (non-hydrogen) atoms. The number of carbonyl (C=O) groups is 1. The Morgan fingerprint density at radius 3 is 3.13 bits per heavy atom. The van der Waals surface area contributed by atoms with Crippen LogP contribution in [0.5, 0.6) is 0 Å². The summed E-state index contributed by atoms with van der Waals surface area (Å²) < 4.78 is 1.44. The Hall–Kier alpha value is -1.36. The molecule has 0 bridgehead atoms. The Bertz CT molecular complexity index is 322. The second-order valence-electron chi connectivity index (χ2n) is 3.85. The minimum Gasteiger partial charge on any atom is -0.333 e. The summed E-state index contributed by atoms with van der Waals surface area (Å²) >= 11 is 0. The van der Waals surface area contributed by atoms with Crippen molar-refractivity contribution in [2.45, 2.75) is 13.0 Å². The number of rotatable bonds is 1. The maximum atomic E-state index is 11.6. The first-order valence-electron chi connectivity index (χ1n) is 5.10. The third kappa shape index (κ3) is 2.56. The molecule has 1 saturated heterocycles. The van der Waals surface area contributed by atoms with Crippen LogP contribution < -0.4 is 10.6 Å². The van der Waals surface area contributed by atoms with Crippen LogP contribution in [0.4, 0.5) is 4.79 Å². The molecule has 2 atom stereocenters. The molecule has 1 aromatic heterocycles. The van der Waals surface area contributed by atoms with Crippen molar-refractivity contribution in [3.8, 4) is 0 Å². The molecular weight excluding hydrogens is 192 g/mol. The SMILES string of the molecule is CC1[CH]C(NC(=O)n2ccnc2)CNC1. The van der Waals surface area contributed by atoms with E-state index in [9.17, 15) is 4.79 Å². The summed E-state index contributed by atoms with van der Waals surface area (Å²) in [5, 5.41) is 6.18. The Balaban J connectivity index is 1.89. The average molecular weight is 207 g/mol. The fraction of sp³-hybridized carbons (Fsp3) is 0.500. The lowest BCUT2D eigenvalue weighted by Crippen LogP contribution is -2.49. The lowest BCUT2D eigenvalue weighted by Gasteiger charge is -2.27. The summed E-state index contributed by atoms with van der Waals surface area (Å²) in [6.45, 7) is 3.91. The molecule has 0 spiro atoms. The molecule has 2 unspecified atom stereocenters. The third-order valence-corrected chi connectivity index (χ3v) is 2.44. The lowest BCUT2D eigenvalue weighted by atomic mass is 9.98. The zero-order valence-corrected chi connectivity index (χ0v) is 8.68. The molecule has 2 heterocycles. The number of nitrogens with one attached hydrogen (secondary N) is 2. The van der Waals surface area contributed by atoms with Crippen molar-refractivity contribution in [3.05, 3.63) is 25.1 Å². The maximum Gasteiger partial charge on any atom is 0.327 e. The van der Waals surface area contributed by atoms with Crippen molar-refractivity contribution in [3.63, 3.8) is 0 Å². The van der Waals surface area contributed by atoms with Gasteiger partial charge in [0.15, 0.2) is 0 Å². The van der Waals surface area contributed by atoms with Crippen molar-refractivity contribution in [2.24, 2.45) is 5.92 Å². The van der Waals surface area contributed by atoms with Crippen molar-refractivity contribution >= 4 is 6.03 Å². The van der Waals surface area contributed by atoms with E-state index in [1.54, 1.807) is 12.4 Å². The Labute approximate surface area is 88.9 Å². The first-order valence-corrected chi connectivity index (χ1v) is 5.10. The fourth-order valence-electron chi connectivity index (χ4n) is 1.71. The maximum absolute atomic E-state index is 11.6. The van der Waals surface area contributed by atoms with Gasteiger partial charge >= 0.3 is 6.03 Å². The average Bonchev–Trinajstić information content (AvgIpc) is 2.70. The Morgan fingerprint density at radius 2 is 2.47 bits per heavy atom. The topological polar surface area (TPSA) is 59.0 Å². The number of aromatic nitrogens is 2. The summed E-state index contributed by atoms with van der Waals surface area (Å²) in [7, 11) is 0. The summed E-state index contributed by atoms with van der Waals surface area (Å²) in [5.41, 5.74) is 0. The number of hydrogen-bond donors (Lipinski definition) is 2. The number of amides is 1. The Kier molecular flexibility index (Phi) is 3.01. The molecule has 2 rings (SSSR count). The van der Waals surface area contributed by atoms with Crippen LogP contribution in [-0.4, -0.2) is 34.7 Å². The van der Waals surface area contributed by atoms with Gasteiger partial charge in [0.1, 0.15) is 6.33 Å². The van der Waals surface area contributed by atoms with E-state index >= 15 is 0 Å². The van der Waals surface area contributed by atoms with E-state index in [1.807, 2.05) is 0 Å². The molecule has 0 aromatic carbocycles. The number of piperidine rings is 1. The van der Waals surface area contributed by atoms with Gasteiger partial charge in [0, 0.05) is 25.0 Å². The molecular formula is C10H15N4O. The van der Waals surface area contributed by atoms with Gasteiger partial charge in [-0.3, -0.25) is 4.57 Å². The molecule has 1 amide bonds. The van der Waals surface area contributed by atoms with Crippen LogP contribution >= 0.6 is 0 Å². The summed E-state index contributed by atoms with van der Waals surface area (Å²) in [6.07, 6.45) is 6.88. The second-order valence-corrected chi connectivity index (χ2v) is 3.85. The van der Waals surface area contributed by atoms with Gasteiger partial charge in [0.05, 0.1) is 0 Å². The largest absolute Gasteiger partial charge is 0.333 e. The van der Waals surface area contributed by atoms with Crippen LogP contribution in [0, 0.1) is 12.3 Å². The van der Waals surface area contributed by atoms with Crippen LogP contribution in [-0.2, 0) is 0 Å². The zero-order valence-electron chi connectivity index (χ0n) is 8.68. The third-order valence-electron chi connectivity index (χ3n) is 2.44. The number of imidazole rings is 1. The molecule has 5 heteroatoms. The molecule has 1 aromatic rings. The monoisotopic (exact) mass is 207 g/mol. The first kappa shape index (κ1) is 10.2. The number of carbonyl (C=O) groups excluding carboxylic acids is 1. The molecule has 1 aliphatic heterocycles. The van der Waals surface area contributed by atoms with Crippen molar-refractivity contribution in [2.75, 3.05) is 13.1 Å². The van der Waals surface area contributed by atoms with E-state index in [0.29, 0.717) is 5.92 Å². The van der Waals surface area contributed by atoms with Crippen LogP contribution in [0.1, 0.15) is 6.92 Å². The molecule has 1 aliphatic rings. The van der Waals surface area contributed by atoms with Crippen LogP contribution in [0.15, 0.2) is 18.7 Å². The lowest BCUT2D eigenvalue weighted by molar-refractivity contribution is 0.237. The summed E-state index contributed by atoms with van der Waals surface area (Å²) in [4.78, 5) is 15.5. The highest BCUT2D eigenvalue weighted by Crippen LogP contribution is 2.07. The molecule has 5 nitrogen and oxygen atoms in total. The molecule has 1 radical (unpaired) electrons. The van der Waals surface area contributed by atoms with Gasteiger partial charge in [0.25, 0.3) is 0 Å². The molecule has 0 saturated carbocycles. The first-order chi connectivity index (χ1) is 7.25. The van der Waals surface area contributed by atoms with E-state index in [-0.39, 0.29) is 12.1 Å². The van der Waals surface area contributed by atoms with Gasteiger partial charge in [-0.05, 0) is 18.9 Å². The summed E-state index contributed by atoms with van der Waals surface area (Å²) in [6, 6.07) is -0.0340. The molecule has 81 valence electrons. The quantitative estimate of drug-likeness (QED) is 0.694. The minimum atomic E-state index is -0.135. The van der Waals surface area contributed by atoms with Crippen LogP contribution in [0.3, 0.4) is 0 Å². The minimum absolute atomic E-state index is 0.101. The predicted molar refractivity (Wildman–Crippen MR) is 56.3 cm³/mol. The molecule has 0 aliphatic carbocycles. The second kappa shape index (κ2) is 4.44. The standard InChI is InChI=1S/C10H15N4O/c1-8-4-9(6-12-5-8)13-10(15)14-3-2-11-7-14/h2-4,7-9,12H,5-6H2,1H3,(H,13,15). The smallest absolute Gasteiger partial charge is 0.327 e. The van der Waals surface area contributed by atoms with Gasteiger partial charge < -0.3 is 10.6 Å². The predicted octanol–water partition coefficient (Wildman–Crippen LogP) is 0.253. The van der Waals surface area contributed by atoms with Gasteiger partial charge in [-0.15, -0.1) is 0 Å². The summed E-state index contributed by atoms with van der Waals surface area (Å²) in [5.74, 6) is 0.492.